The van der Waals surface area contributed by atoms with Gasteiger partial charge in [0.2, 0.25) is 0 Å². The van der Waals surface area contributed by atoms with E-state index in [1.807, 2.05) is 6.07 Å². The van der Waals surface area contributed by atoms with E-state index in [0.717, 1.165) is 5.69 Å². The van der Waals surface area contributed by atoms with Crippen molar-refractivity contribution in [2.45, 2.75) is 6.10 Å². The molecule has 1 aliphatic heterocycles. The molecule has 0 aromatic heterocycles. The molecule has 3 nitrogen and oxygen atoms in total. The van der Waals surface area contributed by atoms with Gasteiger partial charge >= 0.3 is 6.09 Å². The van der Waals surface area contributed by atoms with Gasteiger partial charge in [-0.2, -0.15) is 0 Å². The predicted octanol–water partition coefficient (Wildman–Crippen LogP) is 2.90. The van der Waals surface area contributed by atoms with Crippen molar-refractivity contribution in [1.29, 1.82) is 0 Å². The maximum Gasteiger partial charge on any atom is 0.414 e. The van der Waals surface area contributed by atoms with Crippen LogP contribution in [0, 0.1) is 0 Å². The van der Waals surface area contributed by atoms with Crippen LogP contribution < -0.4 is 4.90 Å². The SMILES string of the molecule is O=C1O[C@H](CCl)CN1c1cccc(Cl)c1. The molecule has 1 heterocycles. The third kappa shape index (κ3) is 2.19. The number of alkyl halides is 1. The molecule has 5 heteroatoms. The molecule has 0 aliphatic carbocycles. The van der Waals surface area contributed by atoms with Crippen molar-refractivity contribution >= 4 is 35.0 Å². The molecule has 0 spiro atoms. The third-order valence-electron chi connectivity index (χ3n) is 2.17. The number of benzene rings is 1. The van der Waals surface area contributed by atoms with E-state index < -0.39 is 0 Å². The van der Waals surface area contributed by atoms with Crippen LogP contribution in [0.2, 0.25) is 5.02 Å². The summed E-state index contributed by atoms with van der Waals surface area (Å²) in [6, 6.07) is 7.08. The van der Waals surface area contributed by atoms with Gasteiger partial charge in [-0.3, -0.25) is 4.90 Å². The number of carbonyl (C=O) groups excluding carboxylic acids is 1. The van der Waals surface area contributed by atoms with Gasteiger partial charge in [0.1, 0.15) is 6.10 Å². The van der Waals surface area contributed by atoms with E-state index >= 15 is 0 Å². The first-order valence-electron chi connectivity index (χ1n) is 4.50. The van der Waals surface area contributed by atoms with Gasteiger partial charge in [-0.15, -0.1) is 11.6 Å². The predicted molar refractivity (Wildman–Crippen MR) is 59.8 cm³/mol. The monoisotopic (exact) mass is 245 g/mol. The van der Waals surface area contributed by atoms with E-state index in [4.69, 9.17) is 27.9 Å². The molecule has 0 radical (unpaired) electrons. The fourth-order valence-corrected chi connectivity index (χ4v) is 1.80. The molecule has 1 fully saturated rings. The molecule has 1 amide bonds. The average Bonchev–Trinajstić information content (AvgIpc) is 2.60. The summed E-state index contributed by atoms with van der Waals surface area (Å²) in [6.07, 6.45) is -0.610. The number of anilines is 1. The maximum absolute atomic E-state index is 11.5. The van der Waals surface area contributed by atoms with E-state index in [-0.39, 0.29) is 12.2 Å². The van der Waals surface area contributed by atoms with Crippen molar-refractivity contribution in [3.05, 3.63) is 29.3 Å². The van der Waals surface area contributed by atoms with Gasteiger partial charge in [0.25, 0.3) is 0 Å². The zero-order valence-electron chi connectivity index (χ0n) is 7.82. The highest BCUT2D eigenvalue weighted by Gasteiger charge is 2.31. The molecule has 80 valence electrons. The smallest absolute Gasteiger partial charge is 0.414 e. The summed E-state index contributed by atoms with van der Waals surface area (Å²) in [5.41, 5.74) is 0.736. The Morgan fingerprint density at radius 3 is 2.93 bits per heavy atom. The summed E-state index contributed by atoms with van der Waals surface area (Å²) in [5, 5.41) is 0.592. The topological polar surface area (TPSA) is 29.5 Å². The lowest BCUT2D eigenvalue weighted by atomic mass is 10.3. The summed E-state index contributed by atoms with van der Waals surface area (Å²) < 4.78 is 5.03. The fraction of sp³-hybridized carbons (Fsp3) is 0.300. The number of halogens is 2. The van der Waals surface area contributed by atoms with Gasteiger partial charge in [0.05, 0.1) is 12.4 Å². The number of rotatable bonds is 2. The van der Waals surface area contributed by atoms with Crippen molar-refractivity contribution < 1.29 is 9.53 Å². The Kier molecular flexibility index (Phi) is 3.03. The van der Waals surface area contributed by atoms with Gasteiger partial charge in [-0.25, -0.2) is 4.79 Å². The Morgan fingerprint density at radius 1 is 1.53 bits per heavy atom. The third-order valence-corrected chi connectivity index (χ3v) is 2.75. The van der Waals surface area contributed by atoms with Crippen LogP contribution in [0.4, 0.5) is 10.5 Å². The summed E-state index contributed by atoms with van der Waals surface area (Å²) in [7, 11) is 0. The lowest BCUT2D eigenvalue weighted by Gasteiger charge is -2.12. The second kappa shape index (κ2) is 4.29. The fourth-order valence-electron chi connectivity index (χ4n) is 1.46. The van der Waals surface area contributed by atoms with Crippen LogP contribution in [0.1, 0.15) is 0 Å². The Morgan fingerprint density at radius 2 is 2.33 bits per heavy atom. The quantitative estimate of drug-likeness (QED) is 0.751. The van der Waals surface area contributed by atoms with E-state index in [2.05, 4.69) is 0 Å². The number of carbonyl (C=O) groups is 1. The Bertz CT molecular complexity index is 383. The summed E-state index contributed by atoms with van der Waals surface area (Å²) in [5.74, 6) is 0.308. The van der Waals surface area contributed by atoms with Gasteiger partial charge in [0.15, 0.2) is 0 Å². The van der Waals surface area contributed by atoms with Gasteiger partial charge < -0.3 is 4.74 Å². The summed E-state index contributed by atoms with van der Waals surface area (Å²) >= 11 is 11.5. The van der Waals surface area contributed by atoms with Gasteiger partial charge in [-0.1, -0.05) is 17.7 Å². The molecule has 2 rings (SSSR count). The Hall–Kier alpha value is -0.930. The van der Waals surface area contributed by atoms with Crippen molar-refractivity contribution in [2.24, 2.45) is 0 Å². The van der Waals surface area contributed by atoms with Crippen molar-refractivity contribution in [1.82, 2.24) is 0 Å². The molecule has 0 N–H and O–H groups in total. The van der Waals surface area contributed by atoms with Crippen molar-refractivity contribution in [2.75, 3.05) is 17.3 Å². The first kappa shape index (κ1) is 10.6. The highest BCUT2D eigenvalue weighted by atomic mass is 35.5. The lowest BCUT2D eigenvalue weighted by molar-refractivity contribution is 0.151. The zero-order chi connectivity index (χ0) is 10.8. The molecular formula is C10H9Cl2NO2. The number of ether oxygens (including phenoxy) is 1. The zero-order valence-corrected chi connectivity index (χ0v) is 9.33. The molecule has 0 unspecified atom stereocenters. The minimum Gasteiger partial charge on any atom is -0.443 e. The normalized spacial score (nSPS) is 20.5. The van der Waals surface area contributed by atoms with Gasteiger partial charge in [-0.05, 0) is 18.2 Å². The van der Waals surface area contributed by atoms with Crippen molar-refractivity contribution in [3.63, 3.8) is 0 Å². The molecule has 1 aliphatic rings. The van der Waals surface area contributed by atoms with Gasteiger partial charge in [0, 0.05) is 10.7 Å². The van der Waals surface area contributed by atoms with Crippen LogP contribution in [-0.4, -0.2) is 24.6 Å². The van der Waals surface area contributed by atoms with E-state index in [1.165, 1.54) is 4.90 Å². The van der Waals surface area contributed by atoms with Crippen LogP contribution in [0.3, 0.4) is 0 Å². The molecular weight excluding hydrogens is 237 g/mol. The molecule has 1 aromatic rings. The lowest BCUT2D eigenvalue weighted by Crippen LogP contribution is -2.24. The second-order valence-electron chi connectivity index (χ2n) is 3.25. The van der Waals surface area contributed by atoms with Crippen LogP contribution >= 0.6 is 23.2 Å². The molecule has 0 bridgehead atoms. The van der Waals surface area contributed by atoms with Crippen molar-refractivity contribution in [3.8, 4) is 0 Å². The van der Waals surface area contributed by atoms with Crippen LogP contribution in [0.5, 0.6) is 0 Å². The Labute approximate surface area is 97.5 Å². The Balaban J connectivity index is 2.21. The summed E-state index contributed by atoms with van der Waals surface area (Å²) in [4.78, 5) is 13.0. The minimum atomic E-state index is -0.372. The van der Waals surface area contributed by atoms with Crippen LogP contribution in [0.15, 0.2) is 24.3 Å². The molecule has 1 atom stereocenters. The number of cyclic esters (lactones) is 1. The van der Waals surface area contributed by atoms with Crippen LogP contribution in [-0.2, 0) is 4.74 Å². The molecule has 0 saturated carbocycles. The highest BCUT2D eigenvalue weighted by molar-refractivity contribution is 6.30. The highest BCUT2D eigenvalue weighted by Crippen LogP contribution is 2.24. The standard InChI is InChI=1S/C10H9Cl2NO2/c11-5-9-6-13(10(14)15-9)8-3-1-2-7(12)4-8/h1-4,9H,5-6H2/t9-/m1/s1. The average molecular weight is 246 g/mol. The minimum absolute atomic E-state index is 0.238. The summed E-state index contributed by atoms with van der Waals surface area (Å²) in [6.45, 7) is 0.475. The molecule has 1 aromatic carbocycles. The first-order chi connectivity index (χ1) is 7.20. The van der Waals surface area contributed by atoms with Crippen LogP contribution in [0.25, 0.3) is 0 Å². The number of nitrogens with zero attached hydrogens (tertiary/aromatic N) is 1. The molecule has 1 saturated heterocycles. The number of hydrogen-bond acceptors (Lipinski definition) is 2. The largest absolute Gasteiger partial charge is 0.443 e. The second-order valence-corrected chi connectivity index (χ2v) is 4.00. The molecule has 15 heavy (non-hydrogen) atoms. The number of hydrogen-bond donors (Lipinski definition) is 0. The maximum atomic E-state index is 11.5. The van der Waals surface area contributed by atoms with E-state index in [9.17, 15) is 4.79 Å². The van der Waals surface area contributed by atoms with E-state index in [0.29, 0.717) is 17.4 Å². The first-order valence-corrected chi connectivity index (χ1v) is 5.41. The van der Waals surface area contributed by atoms with E-state index in [1.54, 1.807) is 18.2 Å². The number of amides is 1.